The van der Waals surface area contributed by atoms with Crippen molar-refractivity contribution >= 4 is 87.2 Å². The lowest BCUT2D eigenvalue weighted by Crippen LogP contribution is -2.74. The second-order valence-corrected chi connectivity index (χ2v) is 31.0. The van der Waals surface area contributed by atoms with Crippen LogP contribution in [0.5, 0.6) is 0 Å². The normalized spacial score (nSPS) is 13.2. The maximum atomic E-state index is 2.47. The first-order valence-corrected chi connectivity index (χ1v) is 38.1. The largest absolute Gasteiger partial charge is 0.310 e. The third kappa shape index (κ3) is 11.6. The highest BCUT2D eigenvalue weighted by Crippen LogP contribution is 2.56. The Balaban J connectivity index is 0.635. The number of fused-ring (bicyclic) bond motifs is 6. The van der Waals surface area contributed by atoms with E-state index in [1.807, 2.05) is 0 Å². The summed E-state index contributed by atoms with van der Waals surface area (Å²) in [5, 5.41) is 5.41. The highest BCUT2D eigenvalue weighted by Gasteiger charge is 2.44. The van der Waals surface area contributed by atoms with E-state index in [9.17, 15) is 0 Å². The summed E-state index contributed by atoms with van der Waals surface area (Å²) < 4.78 is 0. The molecule has 0 bridgehead atoms. The first-order valence-electron chi connectivity index (χ1n) is 36.1. The smallest absolute Gasteiger partial charge is 0.179 e. The van der Waals surface area contributed by atoms with Gasteiger partial charge in [0.05, 0.1) is 0 Å². The van der Waals surface area contributed by atoms with E-state index in [4.69, 9.17) is 0 Å². The highest BCUT2D eigenvalue weighted by atomic mass is 28.3. The monoisotopic (exact) mass is 1310 g/mol. The molecule has 101 heavy (non-hydrogen) atoms. The van der Waals surface area contributed by atoms with Gasteiger partial charge in [-0.25, -0.2) is 0 Å². The maximum Gasteiger partial charge on any atom is 0.179 e. The Kier molecular flexibility index (Phi) is 17.5. The number of hydrogen-bond acceptors (Lipinski definition) is 2. The van der Waals surface area contributed by atoms with E-state index in [-0.39, 0.29) is 10.8 Å². The van der Waals surface area contributed by atoms with Gasteiger partial charge in [0.1, 0.15) is 0 Å². The van der Waals surface area contributed by atoms with Gasteiger partial charge in [-0.15, -0.1) is 0 Å². The molecule has 2 aliphatic carbocycles. The van der Waals surface area contributed by atoms with Crippen molar-refractivity contribution in [3.05, 3.63) is 396 Å². The van der Waals surface area contributed by atoms with Crippen molar-refractivity contribution in [1.29, 1.82) is 0 Å². The van der Waals surface area contributed by atoms with Gasteiger partial charge in [-0.2, -0.15) is 0 Å². The summed E-state index contributed by atoms with van der Waals surface area (Å²) in [6.07, 6.45) is 13.2. The van der Waals surface area contributed by atoms with Crippen LogP contribution in [0.4, 0.5) is 34.1 Å². The maximum absolute atomic E-state index is 2.82. The molecule has 0 amide bonds. The number of benzene rings is 14. The number of para-hydroxylation sites is 4. The van der Waals surface area contributed by atoms with E-state index < -0.39 is 8.07 Å². The van der Waals surface area contributed by atoms with Crippen LogP contribution in [-0.4, -0.2) is 8.07 Å². The van der Waals surface area contributed by atoms with Crippen molar-refractivity contribution in [3.8, 4) is 44.5 Å². The molecule has 0 radical (unpaired) electrons. The minimum Gasteiger partial charge on any atom is -0.310 e. The van der Waals surface area contributed by atoms with Crippen LogP contribution in [0.25, 0.3) is 68.8 Å². The predicted octanol–water partition coefficient (Wildman–Crippen LogP) is 23.9. The molecule has 0 saturated heterocycles. The lowest BCUT2D eigenvalue weighted by Gasteiger charge is -2.34. The Hall–Kier alpha value is -11.6. The minimum absolute atomic E-state index is 0.0909. The summed E-state index contributed by atoms with van der Waals surface area (Å²) in [7, 11) is -2.82. The Morgan fingerprint density at radius 3 is 0.762 bits per heavy atom. The average Bonchev–Trinajstić information content (AvgIpc) is 1.67. The predicted molar refractivity (Wildman–Crippen MR) is 435 cm³/mol. The Labute approximate surface area is 598 Å². The van der Waals surface area contributed by atoms with Crippen LogP contribution in [0.2, 0.25) is 0 Å². The van der Waals surface area contributed by atoms with Crippen molar-refractivity contribution in [2.24, 2.45) is 0 Å². The number of hydrogen-bond donors (Lipinski definition) is 0. The van der Waals surface area contributed by atoms with Crippen LogP contribution in [0.3, 0.4) is 0 Å². The Bertz CT molecular complexity index is 4860. The van der Waals surface area contributed by atoms with Crippen molar-refractivity contribution in [3.63, 3.8) is 0 Å². The lowest BCUT2D eigenvalue weighted by atomic mass is 9.73. The van der Waals surface area contributed by atoms with E-state index in [1.165, 1.54) is 121 Å². The summed E-state index contributed by atoms with van der Waals surface area (Å²) in [5.41, 5.74) is 27.4. The summed E-state index contributed by atoms with van der Waals surface area (Å²) in [6, 6.07) is 131. The van der Waals surface area contributed by atoms with Crippen molar-refractivity contribution < 1.29 is 0 Å². The van der Waals surface area contributed by atoms with Crippen LogP contribution in [0, 0.1) is 0 Å². The zero-order valence-corrected chi connectivity index (χ0v) is 59.0. The average molecular weight is 1320 g/mol. The van der Waals surface area contributed by atoms with E-state index in [2.05, 4.69) is 414 Å². The minimum atomic E-state index is -2.82. The quantitative estimate of drug-likeness (QED) is 0.0426. The zero-order chi connectivity index (χ0) is 68.3. The molecule has 0 saturated carbocycles. The van der Waals surface area contributed by atoms with Crippen molar-refractivity contribution in [2.75, 3.05) is 9.80 Å². The number of anilines is 6. The zero-order valence-electron chi connectivity index (χ0n) is 58.0. The molecule has 0 aromatic heterocycles. The molecule has 14 aromatic carbocycles. The first kappa shape index (κ1) is 64.1. The standard InChI is InChI=1S/C98H82N2Si/c1-5-97(6-2)93-67-73(47-63-89(93)91-65-57-83(69-95(91)97)99(79-27-15-9-16-28-79)80-29-17-10-18-30-80)41-39-71-43-49-75(50-44-71)77-53-59-87(60-54-77)101(85-35-23-13-24-36-85,86-37-25-14-26-38-86)88-61-55-78(56-62-88)76-51-45-72(46-52-76)40-42-74-48-64-90-92-66-58-84(70-96(92)98(7-3,8-4)94(90)68-74)100(81-31-19-11-20-32-81)82-33-21-12-22-34-82/h9-70H,5-8H2,1-4H3/b41-39+,42-40+. The molecule has 3 heteroatoms. The molecule has 0 unspecified atom stereocenters. The van der Waals surface area contributed by atoms with Crippen LogP contribution >= 0.6 is 0 Å². The molecular formula is C98H82N2Si. The van der Waals surface area contributed by atoms with E-state index in [1.54, 1.807) is 0 Å². The second kappa shape index (κ2) is 27.6. The molecule has 0 fully saturated rings. The van der Waals surface area contributed by atoms with Gasteiger partial charge in [-0.1, -0.05) is 331 Å². The molecule has 14 aromatic rings. The van der Waals surface area contributed by atoms with Gasteiger partial charge in [-0.3, -0.25) is 0 Å². The Morgan fingerprint density at radius 2 is 0.465 bits per heavy atom. The molecular weight excluding hydrogens is 1230 g/mol. The summed E-state index contributed by atoms with van der Waals surface area (Å²) in [6.45, 7) is 9.44. The molecule has 0 spiro atoms. The molecule has 16 rings (SSSR count). The van der Waals surface area contributed by atoms with Crippen LogP contribution in [-0.2, 0) is 10.8 Å². The lowest BCUT2D eigenvalue weighted by molar-refractivity contribution is 0.490. The van der Waals surface area contributed by atoms with Gasteiger partial charge in [0.25, 0.3) is 0 Å². The van der Waals surface area contributed by atoms with E-state index >= 15 is 0 Å². The molecule has 488 valence electrons. The van der Waals surface area contributed by atoms with Crippen LogP contribution in [0.15, 0.2) is 352 Å². The highest BCUT2D eigenvalue weighted by molar-refractivity contribution is 7.19. The van der Waals surface area contributed by atoms with E-state index in [0.717, 1.165) is 48.4 Å². The molecule has 2 aliphatic rings. The van der Waals surface area contributed by atoms with Gasteiger partial charge in [0.15, 0.2) is 8.07 Å². The summed E-state index contributed by atoms with van der Waals surface area (Å²) in [5.74, 6) is 0. The second-order valence-electron chi connectivity index (χ2n) is 27.2. The van der Waals surface area contributed by atoms with Crippen LogP contribution < -0.4 is 30.5 Å². The molecule has 0 heterocycles. The van der Waals surface area contributed by atoms with Gasteiger partial charge in [0.2, 0.25) is 0 Å². The SMILES string of the molecule is CCC1(CC)c2cc(/C=C/c3ccc(-c4ccc([Si](c5ccccc5)(c5ccccc5)c5ccc(-c6ccc(/C=C/c7ccc8c(c7)C(CC)(CC)c7cc(N(c9ccccc9)c9ccccc9)ccc7-8)cc6)cc5)cc4)cc3)ccc2-c2ccc(N(c3ccccc3)c3ccccc3)cc21. The first-order chi connectivity index (χ1) is 49.8. The fraction of sp³-hybridized carbons (Fsp3) is 0.102. The molecule has 0 N–H and O–H groups in total. The third-order valence-corrected chi connectivity index (χ3v) is 27.0. The van der Waals surface area contributed by atoms with Crippen molar-refractivity contribution in [2.45, 2.75) is 64.2 Å². The number of nitrogens with zero attached hydrogens (tertiary/aromatic N) is 2. The topological polar surface area (TPSA) is 6.48 Å². The van der Waals surface area contributed by atoms with Crippen LogP contribution in [0.1, 0.15) is 97.9 Å². The van der Waals surface area contributed by atoms with Gasteiger partial charge in [0, 0.05) is 45.0 Å². The van der Waals surface area contributed by atoms with Gasteiger partial charge in [-0.05, 0) is 208 Å². The van der Waals surface area contributed by atoms with E-state index in [0.29, 0.717) is 0 Å². The fourth-order valence-electron chi connectivity index (χ4n) is 16.9. The Morgan fingerprint density at radius 1 is 0.228 bits per heavy atom. The summed E-state index contributed by atoms with van der Waals surface area (Å²) >= 11 is 0. The van der Waals surface area contributed by atoms with Crippen molar-refractivity contribution in [1.82, 2.24) is 0 Å². The van der Waals surface area contributed by atoms with Gasteiger partial charge >= 0.3 is 0 Å². The fourth-order valence-corrected chi connectivity index (χ4v) is 21.6. The third-order valence-electron chi connectivity index (χ3n) is 22.2. The van der Waals surface area contributed by atoms with Gasteiger partial charge < -0.3 is 9.80 Å². The molecule has 2 nitrogen and oxygen atoms in total. The summed E-state index contributed by atoms with van der Waals surface area (Å²) in [4.78, 5) is 4.77. The molecule has 0 aliphatic heterocycles. The number of rotatable bonds is 20. The molecule has 0 atom stereocenters.